The number of aromatic nitrogens is 2. The molecule has 0 fully saturated rings. The molecule has 1 N–H and O–H groups in total. The van der Waals surface area contributed by atoms with Gasteiger partial charge in [-0.2, -0.15) is 0 Å². The average Bonchev–Trinajstić information content (AvgIpc) is 2.97. The fourth-order valence-corrected chi connectivity index (χ4v) is 2.27. The minimum atomic E-state index is -0.166. The molecule has 0 radical (unpaired) electrons. The van der Waals surface area contributed by atoms with E-state index in [0.717, 1.165) is 16.9 Å². The summed E-state index contributed by atoms with van der Waals surface area (Å²) in [5, 5.41) is 2.82. The van der Waals surface area contributed by atoms with E-state index in [0.29, 0.717) is 12.3 Å². The molecule has 5 heteroatoms. The molecule has 0 bridgehead atoms. The van der Waals surface area contributed by atoms with Crippen molar-refractivity contribution in [2.45, 2.75) is 20.4 Å². The number of carbonyl (C=O) groups is 1. The molecule has 0 saturated heterocycles. The number of rotatable bonds is 5. The van der Waals surface area contributed by atoms with Gasteiger partial charge in [-0.1, -0.05) is 12.1 Å². The maximum atomic E-state index is 11.9. The van der Waals surface area contributed by atoms with Gasteiger partial charge in [0.1, 0.15) is 11.4 Å². The molecule has 0 aliphatic carbocycles. The Morgan fingerprint density at radius 2 is 2.09 bits per heavy atom. The van der Waals surface area contributed by atoms with Crippen molar-refractivity contribution in [2.24, 2.45) is 0 Å². The SMILES string of the molecule is Cc1ccc(OCC(=O)NCc2cn3ccccc3n2)cc1C. The van der Waals surface area contributed by atoms with Crippen LogP contribution in [0, 0.1) is 13.8 Å². The summed E-state index contributed by atoms with van der Waals surface area (Å²) in [7, 11) is 0. The zero-order valence-electron chi connectivity index (χ0n) is 13.2. The molecule has 0 unspecified atom stereocenters. The lowest BCUT2D eigenvalue weighted by Crippen LogP contribution is -2.28. The summed E-state index contributed by atoms with van der Waals surface area (Å²) in [6, 6.07) is 11.6. The van der Waals surface area contributed by atoms with Crippen molar-refractivity contribution in [1.29, 1.82) is 0 Å². The molecule has 0 atom stereocenters. The van der Waals surface area contributed by atoms with Crippen LogP contribution < -0.4 is 10.1 Å². The Balaban J connectivity index is 1.52. The van der Waals surface area contributed by atoms with Crippen molar-refractivity contribution in [3.05, 3.63) is 65.6 Å². The highest BCUT2D eigenvalue weighted by Gasteiger charge is 2.06. The third kappa shape index (κ3) is 3.69. The topological polar surface area (TPSA) is 55.6 Å². The third-order valence-corrected chi connectivity index (χ3v) is 3.73. The Labute approximate surface area is 134 Å². The molecule has 0 saturated carbocycles. The number of pyridine rings is 1. The number of nitrogens with one attached hydrogen (secondary N) is 1. The zero-order valence-corrected chi connectivity index (χ0v) is 13.2. The van der Waals surface area contributed by atoms with E-state index in [1.165, 1.54) is 5.56 Å². The van der Waals surface area contributed by atoms with Gasteiger partial charge in [0, 0.05) is 12.4 Å². The van der Waals surface area contributed by atoms with Crippen LogP contribution in [0.5, 0.6) is 5.75 Å². The van der Waals surface area contributed by atoms with E-state index in [1.807, 2.05) is 67.0 Å². The predicted octanol–water partition coefficient (Wildman–Crippen LogP) is 2.65. The number of fused-ring (bicyclic) bond motifs is 1. The number of benzene rings is 1. The second-order valence-electron chi connectivity index (χ2n) is 5.51. The fraction of sp³-hybridized carbons (Fsp3) is 0.222. The Kier molecular flexibility index (Phi) is 4.28. The largest absolute Gasteiger partial charge is 0.484 e. The van der Waals surface area contributed by atoms with E-state index in [4.69, 9.17) is 4.74 Å². The van der Waals surface area contributed by atoms with Gasteiger partial charge in [-0.3, -0.25) is 4.79 Å². The first-order valence-corrected chi connectivity index (χ1v) is 7.51. The molecule has 2 aromatic heterocycles. The minimum Gasteiger partial charge on any atom is -0.484 e. The van der Waals surface area contributed by atoms with E-state index in [-0.39, 0.29) is 12.5 Å². The van der Waals surface area contributed by atoms with Crippen molar-refractivity contribution in [1.82, 2.24) is 14.7 Å². The molecule has 3 rings (SSSR count). The average molecular weight is 309 g/mol. The summed E-state index contributed by atoms with van der Waals surface area (Å²) in [4.78, 5) is 16.3. The molecule has 1 amide bonds. The van der Waals surface area contributed by atoms with Gasteiger partial charge in [0.2, 0.25) is 0 Å². The molecule has 0 spiro atoms. The lowest BCUT2D eigenvalue weighted by molar-refractivity contribution is -0.123. The molecule has 118 valence electrons. The van der Waals surface area contributed by atoms with Crippen LogP contribution in [-0.2, 0) is 11.3 Å². The number of ether oxygens (including phenoxy) is 1. The van der Waals surface area contributed by atoms with E-state index in [9.17, 15) is 4.79 Å². The van der Waals surface area contributed by atoms with Crippen LogP contribution in [0.15, 0.2) is 48.8 Å². The van der Waals surface area contributed by atoms with Crippen molar-refractivity contribution in [3.8, 4) is 5.75 Å². The first-order chi connectivity index (χ1) is 11.1. The molecule has 3 aromatic rings. The van der Waals surface area contributed by atoms with Crippen LogP contribution in [0.2, 0.25) is 0 Å². The zero-order chi connectivity index (χ0) is 16.2. The number of hydrogen-bond donors (Lipinski definition) is 1. The van der Waals surface area contributed by atoms with Gasteiger partial charge in [-0.25, -0.2) is 4.98 Å². The molecule has 5 nitrogen and oxygen atoms in total. The predicted molar refractivity (Wildman–Crippen MR) is 88.4 cm³/mol. The summed E-state index contributed by atoms with van der Waals surface area (Å²) < 4.78 is 7.44. The van der Waals surface area contributed by atoms with Crippen LogP contribution in [0.1, 0.15) is 16.8 Å². The third-order valence-electron chi connectivity index (χ3n) is 3.73. The van der Waals surface area contributed by atoms with Crippen LogP contribution in [0.25, 0.3) is 5.65 Å². The standard InChI is InChI=1S/C18H19N3O2/c1-13-6-7-16(9-14(13)2)23-12-18(22)19-10-15-11-21-8-4-3-5-17(21)20-15/h3-9,11H,10,12H2,1-2H3,(H,19,22). The summed E-state index contributed by atoms with van der Waals surface area (Å²) >= 11 is 0. The smallest absolute Gasteiger partial charge is 0.258 e. The molecule has 0 aliphatic heterocycles. The number of carbonyl (C=O) groups excluding carboxylic acids is 1. The Morgan fingerprint density at radius 1 is 1.22 bits per heavy atom. The summed E-state index contributed by atoms with van der Waals surface area (Å²) in [5.41, 5.74) is 4.03. The van der Waals surface area contributed by atoms with Gasteiger partial charge < -0.3 is 14.5 Å². The fourth-order valence-electron chi connectivity index (χ4n) is 2.27. The summed E-state index contributed by atoms with van der Waals surface area (Å²) in [6.07, 6.45) is 3.83. The molecule has 2 heterocycles. The van der Waals surface area contributed by atoms with Crippen LogP contribution >= 0.6 is 0 Å². The van der Waals surface area contributed by atoms with Crippen LogP contribution in [0.4, 0.5) is 0 Å². The summed E-state index contributed by atoms with van der Waals surface area (Å²) in [6.45, 7) is 4.44. The Morgan fingerprint density at radius 3 is 2.87 bits per heavy atom. The maximum Gasteiger partial charge on any atom is 0.258 e. The van der Waals surface area contributed by atoms with Crippen molar-refractivity contribution < 1.29 is 9.53 Å². The number of amides is 1. The van der Waals surface area contributed by atoms with Gasteiger partial charge in [-0.15, -0.1) is 0 Å². The highest BCUT2D eigenvalue weighted by Crippen LogP contribution is 2.16. The van der Waals surface area contributed by atoms with Gasteiger partial charge in [0.25, 0.3) is 5.91 Å². The van der Waals surface area contributed by atoms with E-state index in [2.05, 4.69) is 10.3 Å². The highest BCUT2D eigenvalue weighted by molar-refractivity contribution is 5.77. The number of imidazole rings is 1. The van der Waals surface area contributed by atoms with Crippen LogP contribution in [0.3, 0.4) is 0 Å². The lowest BCUT2D eigenvalue weighted by atomic mass is 10.1. The minimum absolute atomic E-state index is 0.00410. The van der Waals surface area contributed by atoms with Gasteiger partial charge >= 0.3 is 0 Å². The van der Waals surface area contributed by atoms with Crippen molar-refractivity contribution in [3.63, 3.8) is 0 Å². The monoisotopic (exact) mass is 309 g/mol. The Hall–Kier alpha value is -2.82. The molecule has 0 aliphatic rings. The van der Waals surface area contributed by atoms with Crippen LogP contribution in [-0.4, -0.2) is 21.9 Å². The molecular weight excluding hydrogens is 290 g/mol. The van der Waals surface area contributed by atoms with E-state index >= 15 is 0 Å². The maximum absolute atomic E-state index is 11.9. The lowest BCUT2D eigenvalue weighted by Gasteiger charge is -2.08. The van der Waals surface area contributed by atoms with E-state index < -0.39 is 0 Å². The molecule has 23 heavy (non-hydrogen) atoms. The quantitative estimate of drug-likeness (QED) is 0.788. The van der Waals surface area contributed by atoms with E-state index in [1.54, 1.807) is 0 Å². The highest BCUT2D eigenvalue weighted by atomic mass is 16.5. The second-order valence-corrected chi connectivity index (χ2v) is 5.51. The molecule has 1 aromatic carbocycles. The molecular formula is C18H19N3O2. The first kappa shape index (κ1) is 15.1. The van der Waals surface area contributed by atoms with Crippen molar-refractivity contribution in [2.75, 3.05) is 6.61 Å². The first-order valence-electron chi connectivity index (χ1n) is 7.51. The normalized spacial score (nSPS) is 10.7. The number of nitrogens with zero attached hydrogens (tertiary/aromatic N) is 2. The number of hydrogen-bond acceptors (Lipinski definition) is 3. The number of aryl methyl sites for hydroxylation is 2. The second kappa shape index (κ2) is 6.52. The van der Waals surface area contributed by atoms with Gasteiger partial charge in [-0.05, 0) is 49.2 Å². The van der Waals surface area contributed by atoms with Gasteiger partial charge in [0.15, 0.2) is 6.61 Å². The van der Waals surface area contributed by atoms with Gasteiger partial charge in [0.05, 0.1) is 12.2 Å². The Bertz CT molecular complexity index is 806. The summed E-state index contributed by atoms with van der Waals surface area (Å²) in [5.74, 6) is 0.538. The van der Waals surface area contributed by atoms with Crippen molar-refractivity contribution >= 4 is 11.6 Å².